The Bertz CT molecular complexity index is 84.7. The van der Waals surface area contributed by atoms with Gasteiger partial charge in [0.2, 0.25) is 6.29 Å². The molecular weight excluding hydrogens is 133 g/mol. The van der Waals surface area contributed by atoms with E-state index >= 15 is 0 Å². The van der Waals surface area contributed by atoms with Crippen LogP contribution in [-0.2, 0) is 4.79 Å². The fraction of sp³-hybridized carbons (Fsp3) is 0.400. The molecule has 9 heavy (non-hydrogen) atoms. The van der Waals surface area contributed by atoms with Crippen LogP contribution >= 0.6 is 0 Å². The smallest absolute Gasteiger partial charge is 0.293 e. The number of carbonyl (C=O) groups is 1. The third-order valence-electron chi connectivity index (χ3n) is 0.134. The van der Waals surface area contributed by atoms with E-state index in [2.05, 4.69) is 6.58 Å². The van der Waals surface area contributed by atoms with E-state index in [4.69, 9.17) is 4.79 Å². The molecule has 0 amide bonds. The number of alkyl halides is 3. The van der Waals surface area contributed by atoms with Gasteiger partial charge in [0.05, 0.1) is 0 Å². The van der Waals surface area contributed by atoms with Gasteiger partial charge in [-0.15, -0.1) is 6.58 Å². The number of rotatable bonds is 0. The molecule has 0 aliphatic rings. The second-order valence-corrected chi connectivity index (χ2v) is 1.07. The standard InChI is InChI=1S/C3H6.C2HF3O/c1-3-2;3-2(4,5)1-6/h3H,1H2,2H3;1H. The maximum absolute atomic E-state index is 10.4. The fourth-order valence-corrected chi connectivity index (χ4v) is 0. The zero-order valence-corrected chi connectivity index (χ0v) is 4.90. The molecule has 0 bridgehead atoms. The Morgan fingerprint density at radius 1 is 1.44 bits per heavy atom. The zero-order valence-electron chi connectivity index (χ0n) is 4.90. The summed E-state index contributed by atoms with van der Waals surface area (Å²) in [4.78, 5) is 8.70. The van der Waals surface area contributed by atoms with E-state index in [0.717, 1.165) is 0 Å². The van der Waals surface area contributed by atoms with Crippen molar-refractivity contribution in [1.82, 2.24) is 0 Å². The molecule has 0 rings (SSSR count). The molecule has 0 atom stereocenters. The summed E-state index contributed by atoms with van der Waals surface area (Å²) in [5.41, 5.74) is 0. The molecule has 0 fully saturated rings. The topological polar surface area (TPSA) is 17.1 Å². The van der Waals surface area contributed by atoms with Crippen LogP contribution in [-0.4, -0.2) is 12.5 Å². The van der Waals surface area contributed by atoms with E-state index in [0.29, 0.717) is 0 Å². The first-order chi connectivity index (χ1) is 3.97. The van der Waals surface area contributed by atoms with Gasteiger partial charge >= 0.3 is 6.18 Å². The number of halogens is 3. The van der Waals surface area contributed by atoms with Crippen molar-refractivity contribution >= 4 is 6.29 Å². The molecule has 1 nitrogen and oxygen atoms in total. The van der Waals surface area contributed by atoms with Gasteiger partial charge in [-0.2, -0.15) is 13.2 Å². The zero-order chi connectivity index (χ0) is 7.91. The van der Waals surface area contributed by atoms with E-state index < -0.39 is 12.5 Å². The van der Waals surface area contributed by atoms with Crippen molar-refractivity contribution in [2.75, 3.05) is 0 Å². The quantitative estimate of drug-likeness (QED) is 0.371. The molecule has 0 aromatic carbocycles. The second kappa shape index (κ2) is 5.34. The highest BCUT2D eigenvalue weighted by atomic mass is 19.4. The number of carbonyl (C=O) groups excluding carboxylic acids is 1. The Labute approximate surface area is 51.2 Å². The predicted molar refractivity (Wildman–Crippen MR) is 28.0 cm³/mol. The Kier molecular flexibility index (Phi) is 6.56. The van der Waals surface area contributed by atoms with Crippen LogP contribution in [0.4, 0.5) is 13.2 Å². The van der Waals surface area contributed by atoms with E-state index in [9.17, 15) is 13.2 Å². The van der Waals surface area contributed by atoms with Crippen molar-refractivity contribution in [2.45, 2.75) is 13.1 Å². The number of allylic oxidation sites excluding steroid dienone is 1. The average molecular weight is 140 g/mol. The molecular formula is C5H7F3O. The van der Waals surface area contributed by atoms with Crippen LogP contribution in [0.5, 0.6) is 0 Å². The van der Waals surface area contributed by atoms with Crippen LogP contribution < -0.4 is 0 Å². The molecule has 4 heteroatoms. The summed E-state index contributed by atoms with van der Waals surface area (Å²) in [6, 6.07) is 0. The largest absolute Gasteiger partial charge is 0.446 e. The lowest BCUT2D eigenvalue weighted by atomic mass is 10.8. The molecule has 54 valence electrons. The molecule has 0 aromatic heterocycles. The first kappa shape index (κ1) is 11.1. The van der Waals surface area contributed by atoms with Crippen molar-refractivity contribution in [3.05, 3.63) is 12.7 Å². The summed E-state index contributed by atoms with van der Waals surface area (Å²) in [7, 11) is 0. The van der Waals surface area contributed by atoms with Crippen LogP contribution in [0.1, 0.15) is 6.92 Å². The highest BCUT2D eigenvalue weighted by Crippen LogP contribution is 2.08. The highest BCUT2D eigenvalue weighted by molar-refractivity contribution is 5.56. The van der Waals surface area contributed by atoms with E-state index in [1.165, 1.54) is 0 Å². The SMILES string of the molecule is C=CC.O=CC(F)(F)F. The highest BCUT2D eigenvalue weighted by Gasteiger charge is 2.24. The molecule has 0 radical (unpaired) electrons. The summed E-state index contributed by atoms with van der Waals surface area (Å²) < 4.78 is 31.2. The molecule has 0 N–H and O–H groups in total. The van der Waals surface area contributed by atoms with Gasteiger partial charge in [0.1, 0.15) is 0 Å². The molecule has 0 saturated heterocycles. The monoisotopic (exact) mass is 140 g/mol. The molecule has 0 heterocycles. The Hall–Kier alpha value is -0.800. The lowest BCUT2D eigenvalue weighted by molar-refractivity contribution is -0.156. The lowest BCUT2D eigenvalue weighted by Crippen LogP contribution is -2.07. The van der Waals surface area contributed by atoms with Gasteiger partial charge in [-0.1, -0.05) is 6.08 Å². The van der Waals surface area contributed by atoms with Crippen LogP contribution in [0.15, 0.2) is 12.7 Å². The lowest BCUT2D eigenvalue weighted by Gasteiger charge is -1.87. The van der Waals surface area contributed by atoms with Crippen LogP contribution in [0.3, 0.4) is 0 Å². The van der Waals surface area contributed by atoms with E-state index in [-0.39, 0.29) is 0 Å². The first-order valence-electron chi connectivity index (χ1n) is 2.08. The summed E-state index contributed by atoms with van der Waals surface area (Å²) in [6.07, 6.45) is -3.95. The van der Waals surface area contributed by atoms with Gasteiger partial charge in [0.25, 0.3) is 0 Å². The van der Waals surface area contributed by atoms with Gasteiger partial charge in [0, 0.05) is 0 Å². The van der Waals surface area contributed by atoms with Crippen molar-refractivity contribution in [3.63, 3.8) is 0 Å². The third-order valence-corrected chi connectivity index (χ3v) is 0.134. The summed E-state index contributed by atoms with van der Waals surface area (Å²) in [6.45, 7) is 5.25. The van der Waals surface area contributed by atoms with Crippen molar-refractivity contribution in [3.8, 4) is 0 Å². The molecule has 0 aromatic rings. The summed E-state index contributed by atoms with van der Waals surface area (Å²) in [5, 5.41) is 0. The minimum Gasteiger partial charge on any atom is -0.293 e. The number of aldehydes is 1. The normalized spacial score (nSPS) is 8.89. The minimum absolute atomic E-state index is 1.06. The summed E-state index contributed by atoms with van der Waals surface area (Å²) >= 11 is 0. The Morgan fingerprint density at radius 2 is 1.56 bits per heavy atom. The minimum atomic E-state index is -4.64. The predicted octanol–water partition coefficient (Wildman–Crippen LogP) is 1.94. The third kappa shape index (κ3) is 40.2. The molecule has 0 saturated carbocycles. The molecule has 0 aliphatic heterocycles. The summed E-state index contributed by atoms with van der Waals surface area (Å²) in [5.74, 6) is 0. The van der Waals surface area contributed by atoms with Gasteiger partial charge < -0.3 is 0 Å². The molecule has 0 aliphatic carbocycles. The number of hydrogen-bond acceptors (Lipinski definition) is 1. The van der Waals surface area contributed by atoms with Gasteiger partial charge in [-0.3, -0.25) is 4.79 Å². The van der Waals surface area contributed by atoms with Crippen LogP contribution in [0.25, 0.3) is 0 Å². The van der Waals surface area contributed by atoms with Crippen molar-refractivity contribution in [1.29, 1.82) is 0 Å². The molecule has 0 spiro atoms. The maximum Gasteiger partial charge on any atom is 0.446 e. The van der Waals surface area contributed by atoms with E-state index in [1.54, 1.807) is 6.08 Å². The van der Waals surface area contributed by atoms with Crippen molar-refractivity contribution < 1.29 is 18.0 Å². The average Bonchev–Trinajstić information content (AvgIpc) is 1.67. The van der Waals surface area contributed by atoms with Gasteiger partial charge in [-0.05, 0) is 6.92 Å². The molecule has 0 unspecified atom stereocenters. The fourth-order valence-electron chi connectivity index (χ4n) is 0. The van der Waals surface area contributed by atoms with Gasteiger partial charge in [0.15, 0.2) is 0 Å². The maximum atomic E-state index is 10.4. The number of hydrogen-bond donors (Lipinski definition) is 0. The van der Waals surface area contributed by atoms with Crippen molar-refractivity contribution in [2.24, 2.45) is 0 Å². The first-order valence-corrected chi connectivity index (χ1v) is 2.08. The van der Waals surface area contributed by atoms with Crippen LogP contribution in [0.2, 0.25) is 0 Å². The Morgan fingerprint density at radius 3 is 1.56 bits per heavy atom. The van der Waals surface area contributed by atoms with Gasteiger partial charge in [-0.25, -0.2) is 0 Å². The second-order valence-electron chi connectivity index (χ2n) is 1.07. The van der Waals surface area contributed by atoms with E-state index in [1.807, 2.05) is 6.92 Å². The Balaban J connectivity index is 0. The van der Waals surface area contributed by atoms with Crippen LogP contribution in [0, 0.1) is 0 Å².